The summed E-state index contributed by atoms with van der Waals surface area (Å²) in [4.78, 5) is 13.6. The van der Waals surface area contributed by atoms with Crippen LogP contribution < -0.4 is 9.64 Å². The summed E-state index contributed by atoms with van der Waals surface area (Å²) in [6.07, 6.45) is 1.65. The predicted octanol–water partition coefficient (Wildman–Crippen LogP) is 3.17. The third kappa shape index (κ3) is 3.60. The standard InChI is InChI=1S/C17H15N3O2S/c1-22-15-9-7-13(8-10-15)11-18-19-17-20(16(21)12-23-17)14-5-3-2-4-6-14/h2-11H,12H2,1H3/b18-11-,19-17+. The van der Waals surface area contributed by atoms with Crippen LogP contribution in [0.15, 0.2) is 64.8 Å². The first-order chi connectivity index (χ1) is 11.3. The molecule has 0 spiro atoms. The molecule has 3 rings (SSSR count). The number of hydrogen-bond acceptors (Lipinski definition) is 5. The van der Waals surface area contributed by atoms with Crippen LogP contribution in [0.1, 0.15) is 5.56 Å². The average molecular weight is 325 g/mol. The molecule has 1 aliphatic heterocycles. The minimum absolute atomic E-state index is 0.0135. The summed E-state index contributed by atoms with van der Waals surface area (Å²) in [5, 5.41) is 8.88. The van der Waals surface area contributed by atoms with Gasteiger partial charge in [-0.1, -0.05) is 30.0 Å². The number of nitrogens with zero attached hydrogens (tertiary/aromatic N) is 3. The number of amides is 1. The number of thioether (sulfide) groups is 1. The number of para-hydroxylation sites is 1. The van der Waals surface area contributed by atoms with Gasteiger partial charge in [-0.2, -0.15) is 5.10 Å². The molecule has 1 amide bonds. The maximum atomic E-state index is 12.0. The van der Waals surface area contributed by atoms with E-state index < -0.39 is 0 Å². The second-order valence-corrected chi connectivity index (χ2v) is 5.70. The van der Waals surface area contributed by atoms with Crippen molar-refractivity contribution in [1.29, 1.82) is 0 Å². The van der Waals surface area contributed by atoms with Crippen molar-refractivity contribution in [2.24, 2.45) is 10.2 Å². The Bertz CT molecular complexity index is 742. The summed E-state index contributed by atoms with van der Waals surface area (Å²) in [7, 11) is 1.63. The third-order valence-electron chi connectivity index (χ3n) is 3.25. The number of ether oxygens (including phenoxy) is 1. The molecule has 0 bridgehead atoms. The van der Waals surface area contributed by atoms with Crippen molar-refractivity contribution in [3.8, 4) is 5.75 Å². The largest absolute Gasteiger partial charge is 0.497 e. The summed E-state index contributed by atoms with van der Waals surface area (Å²) in [5.74, 6) is 1.19. The Hall–Kier alpha value is -2.60. The lowest BCUT2D eigenvalue weighted by Crippen LogP contribution is -2.28. The first-order valence-corrected chi connectivity index (χ1v) is 8.02. The molecule has 0 aromatic heterocycles. The molecule has 1 saturated heterocycles. The van der Waals surface area contributed by atoms with E-state index in [2.05, 4.69) is 10.2 Å². The summed E-state index contributed by atoms with van der Waals surface area (Å²) < 4.78 is 5.11. The summed E-state index contributed by atoms with van der Waals surface area (Å²) in [5.41, 5.74) is 1.72. The molecule has 0 atom stereocenters. The fraction of sp³-hybridized carbons (Fsp3) is 0.118. The minimum Gasteiger partial charge on any atom is -0.497 e. The normalized spacial score (nSPS) is 16.5. The van der Waals surface area contributed by atoms with Crippen LogP contribution in [0, 0.1) is 0 Å². The molecule has 2 aromatic rings. The molecule has 5 nitrogen and oxygen atoms in total. The highest BCUT2D eigenvalue weighted by Gasteiger charge is 2.29. The lowest BCUT2D eigenvalue weighted by Gasteiger charge is -2.14. The second kappa shape index (κ2) is 7.11. The Balaban J connectivity index is 1.77. The number of carbonyl (C=O) groups excluding carboxylic acids is 1. The lowest BCUT2D eigenvalue weighted by atomic mass is 10.2. The van der Waals surface area contributed by atoms with Crippen molar-refractivity contribution in [2.45, 2.75) is 0 Å². The SMILES string of the molecule is COc1ccc(/C=N\N=C2\SCC(=O)N2c2ccccc2)cc1. The fourth-order valence-corrected chi connectivity index (χ4v) is 2.92. The van der Waals surface area contributed by atoms with E-state index in [1.165, 1.54) is 11.8 Å². The quantitative estimate of drug-likeness (QED) is 0.641. The topological polar surface area (TPSA) is 54.3 Å². The van der Waals surface area contributed by atoms with Gasteiger partial charge in [0.1, 0.15) is 5.75 Å². The lowest BCUT2D eigenvalue weighted by molar-refractivity contribution is -0.115. The first-order valence-electron chi connectivity index (χ1n) is 7.04. The number of methoxy groups -OCH3 is 1. The van der Waals surface area contributed by atoms with Gasteiger partial charge < -0.3 is 4.74 Å². The van der Waals surface area contributed by atoms with Gasteiger partial charge >= 0.3 is 0 Å². The maximum absolute atomic E-state index is 12.0. The van der Waals surface area contributed by atoms with Gasteiger partial charge in [-0.3, -0.25) is 9.69 Å². The molecular formula is C17H15N3O2S. The molecule has 23 heavy (non-hydrogen) atoms. The smallest absolute Gasteiger partial charge is 0.243 e. The zero-order valence-corrected chi connectivity index (χ0v) is 13.4. The molecule has 1 fully saturated rings. The van der Waals surface area contributed by atoms with Crippen LogP contribution in [-0.2, 0) is 4.79 Å². The van der Waals surface area contributed by atoms with Crippen LogP contribution in [0.4, 0.5) is 5.69 Å². The number of anilines is 1. The van der Waals surface area contributed by atoms with Crippen molar-refractivity contribution >= 4 is 34.7 Å². The molecule has 0 N–H and O–H groups in total. The van der Waals surface area contributed by atoms with Crippen molar-refractivity contribution < 1.29 is 9.53 Å². The van der Waals surface area contributed by atoms with E-state index in [9.17, 15) is 4.79 Å². The summed E-state index contributed by atoms with van der Waals surface area (Å²) >= 11 is 1.39. The van der Waals surface area contributed by atoms with Gasteiger partial charge in [-0.25, -0.2) is 0 Å². The highest BCUT2D eigenvalue weighted by Crippen LogP contribution is 2.26. The van der Waals surface area contributed by atoms with Crippen LogP contribution in [0.3, 0.4) is 0 Å². The Morgan fingerprint density at radius 2 is 1.87 bits per heavy atom. The molecule has 6 heteroatoms. The van der Waals surface area contributed by atoms with Gasteiger partial charge in [0.15, 0.2) is 5.17 Å². The van der Waals surface area contributed by atoms with Gasteiger partial charge in [0.05, 0.1) is 24.8 Å². The van der Waals surface area contributed by atoms with Gasteiger partial charge in [0.2, 0.25) is 5.91 Å². The van der Waals surface area contributed by atoms with Crippen molar-refractivity contribution in [3.05, 3.63) is 60.2 Å². The maximum Gasteiger partial charge on any atom is 0.243 e. The van der Waals surface area contributed by atoms with E-state index in [4.69, 9.17) is 4.74 Å². The molecule has 0 radical (unpaired) electrons. The van der Waals surface area contributed by atoms with Crippen molar-refractivity contribution in [2.75, 3.05) is 17.8 Å². The molecule has 2 aromatic carbocycles. The van der Waals surface area contributed by atoms with E-state index >= 15 is 0 Å². The van der Waals surface area contributed by atoms with E-state index in [0.29, 0.717) is 10.9 Å². The molecule has 0 aliphatic carbocycles. The van der Waals surface area contributed by atoms with Gasteiger partial charge in [-0.05, 0) is 42.0 Å². The molecule has 1 aliphatic rings. The fourth-order valence-electron chi connectivity index (χ4n) is 2.10. The zero-order valence-electron chi connectivity index (χ0n) is 12.5. The van der Waals surface area contributed by atoms with Crippen LogP contribution in [0.5, 0.6) is 5.75 Å². The Kier molecular flexibility index (Phi) is 4.73. The minimum atomic E-state index is 0.0135. The van der Waals surface area contributed by atoms with E-state index in [1.807, 2.05) is 54.6 Å². The zero-order chi connectivity index (χ0) is 16.1. The van der Waals surface area contributed by atoms with Crippen LogP contribution in [-0.4, -0.2) is 30.2 Å². The molecular weight excluding hydrogens is 310 g/mol. The van der Waals surface area contributed by atoms with E-state index in [1.54, 1.807) is 18.2 Å². The van der Waals surface area contributed by atoms with E-state index in [-0.39, 0.29) is 5.91 Å². The molecule has 0 saturated carbocycles. The van der Waals surface area contributed by atoms with Crippen LogP contribution >= 0.6 is 11.8 Å². The molecule has 0 unspecified atom stereocenters. The Morgan fingerprint density at radius 1 is 1.13 bits per heavy atom. The number of benzene rings is 2. The summed E-state index contributed by atoms with van der Waals surface area (Å²) in [6, 6.07) is 17.0. The number of amidine groups is 1. The monoisotopic (exact) mass is 325 g/mol. The Morgan fingerprint density at radius 3 is 2.57 bits per heavy atom. The highest BCUT2D eigenvalue weighted by molar-refractivity contribution is 8.15. The van der Waals surface area contributed by atoms with Crippen molar-refractivity contribution in [1.82, 2.24) is 0 Å². The Labute approximate surface area is 138 Å². The molecule has 116 valence electrons. The second-order valence-electron chi connectivity index (χ2n) is 4.75. The predicted molar refractivity (Wildman–Crippen MR) is 94.4 cm³/mol. The number of hydrogen-bond donors (Lipinski definition) is 0. The number of carbonyl (C=O) groups is 1. The summed E-state index contributed by atoms with van der Waals surface area (Å²) in [6.45, 7) is 0. The third-order valence-corrected chi connectivity index (χ3v) is 4.16. The first kappa shape index (κ1) is 15.3. The van der Waals surface area contributed by atoms with Crippen LogP contribution in [0.2, 0.25) is 0 Å². The van der Waals surface area contributed by atoms with Gasteiger partial charge in [0.25, 0.3) is 0 Å². The highest BCUT2D eigenvalue weighted by atomic mass is 32.2. The van der Waals surface area contributed by atoms with Crippen LogP contribution in [0.25, 0.3) is 0 Å². The van der Waals surface area contributed by atoms with Crippen molar-refractivity contribution in [3.63, 3.8) is 0 Å². The van der Waals surface area contributed by atoms with E-state index in [0.717, 1.165) is 17.0 Å². The number of rotatable bonds is 4. The molecule has 1 heterocycles. The average Bonchev–Trinajstić information content (AvgIpc) is 2.97. The van der Waals surface area contributed by atoms with Gasteiger partial charge in [0, 0.05) is 0 Å². The van der Waals surface area contributed by atoms with Gasteiger partial charge in [-0.15, -0.1) is 5.10 Å².